The summed E-state index contributed by atoms with van der Waals surface area (Å²) in [6.07, 6.45) is 0. The van der Waals surface area contributed by atoms with Gasteiger partial charge >= 0.3 is 0 Å². The predicted octanol–water partition coefficient (Wildman–Crippen LogP) is 1.88. The fourth-order valence-electron chi connectivity index (χ4n) is 0.737. The van der Waals surface area contributed by atoms with E-state index in [0.29, 0.717) is 12.2 Å². The zero-order valence-corrected chi connectivity index (χ0v) is 5.86. The zero-order chi connectivity index (χ0) is 8.10. The van der Waals surface area contributed by atoms with E-state index < -0.39 is 0 Å². The van der Waals surface area contributed by atoms with Gasteiger partial charge in [-0.2, -0.15) is 0 Å². The average Bonchev–Trinajstić information content (AvgIpc) is 2.01. The Hall–Kier alpha value is -1.67. The van der Waals surface area contributed by atoms with Crippen molar-refractivity contribution >= 4 is 5.69 Å². The van der Waals surface area contributed by atoms with E-state index in [2.05, 4.69) is 16.1 Å². The second-order valence-electron chi connectivity index (χ2n) is 2.02. The van der Waals surface area contributed by atoms with Crippen LogP contribution >= 0.6 is 0 Å². The van der Waals surface area contributed by atoms with Gasteiger partial charge in [-0.1, -0.05) is 17.2 Å². The van der Waals surface area contributed by atoms with Gasteiger partial charge in [-0.15, -0.1) is 0 Å². The van der Waals surface area contributed by atoms with Gasteiger partial charge in [-0.05, 0) is 17.2 Å². The van der Waals surface area contributed by atoms with Crippen LogP contribution in [0.4, 0.5) is 5.69 Å². The molecule has 0 aliphatic heterocycles. The second kappa shape index (κ2) is 3.49. The topological polar surface area (TPSA) is 74.8 Å². The van der Waals surface area contributed by atoms with Crippen molar-refractivity contribution in [1.29, 1.82) is 0 Å². The first kappa shape index (κ1) is 7.44. The minimum atomic E-state index is 0.307. The molecule has 55 valence electrons. The Bertz CT molecular complexity index is 288. The minimum Gasteiger partial charge on any atom is -0.398 e. The molecule has 0 atom stereocenters. The largest absolute Gasteiger partial charge is 0.398 e. The molecule has 0 aliphatic rings. The molecule has 2 N–H and O–H groups in total. The van der Waals surface area contributed by atoms with Gasteiger partial charge < -0.3 is 5.73 Å². The molecule has 0 spiro atoms. The smallest absolute Gasteiger partial charge is 0.0517 e. The van der Waals surface area contributed by atoms with Crippen LogP contribution in [-0.4, -0.2) is 0 Å². The molecule has 11 heavy (non-hydrogen) atoms. The molecule has 0 bridgehead atoms. The van der Waals surface area contributed by atoms with Gasteiger partial charge in [-0.3, -0.25) is 0 Å². The van der Waals surface area contributed by atoms with E-state index in [-0.39, 0.29) is 0 Å². The number of hydrogen-bond donors (Lipinski definition) is 1. The van der Waals surface area contributed by atoms with Gasteiger partial charge in [0.05, 0.1) is 6.54 Å². The van der Waals surface area contributed by atoms with Crippen LogP contribution in [0.1, 0.15) is 5.56 Å². The van der Waals surface area contributed by atoms with Crippen LogP contribution in [-0.2, 0) is 6.54 Å². The number of azide groups is 1. The molecule has 1 radical (unpaired) electrons. The summed E-state index contributed by atoms with van der Waals surface area (Å²) in [6, 6.07) is 8.20. The SMILES string of the molecule is [N-]=[N+]=NCc1[c]c(N)ccc1. The quantitative estimate of drug-likeness (QED) is 0.295. The summed E-state index contributed by atoms with van der Waals surface area (Å²) < 4.78 is 0. The Morgan fingerprint density at radius 2 is 2.45 bits per heavy atom. The summed E-state index contributed by atoms with van der Waals surface area (Å²) in [5.74, 6) is 0. The summed E-state index contributed by atoms with van der Waals surface area (Å²) in [5.41, 5.74) is 14.8. The van der Waals surface area contributed by atoms with Gasteiger partial charge in [0.15, 0.2) is 0 Å². The Kier molecular flexibility index (Phi) is 2.36. The third-order valence-corrected chi connectivity index (χ3v) is 1.18. The van der Waals surface area contributed by atoms with Crippen LogP contribution in [0.5, 0.6) is 0 Å². The lowest BCUT2D eigenvalue weighted by atomic mass is 10.2. The van der Waals surface area contributed by atoms with E-state index in [4.69, 9.17) is 11.3 Å². The van der Waals surface area contributed by atoms with Crippen molar-refractivity contribution in [1.82, 2.24) is 0 Å². The van der Waals surface area contributed by atoms with Crippen molar-refractivity contribution in [3.8, 4) is 0 Å². The van der Waals surface area contributed by atoms with Crippen LogP contribution in [0.15, 0.2) is 23.3 Å². The fourth-order valence-corrected chi connectivity index (χ4v) is 0.737. The molecule has 0 saturated heterocycles. The number of nitrogens with zero attached hydrogens (tertiary/aromatic N) is 3. The third kappa shape index (κ3) is 2.20. The molecule has 1 aromatic carbocycles. The summed E-state index contributed by atoms with van der Waals surface area (Å²) in [5, 5.41) is 3.38. The van der Waals surface area contributed by atoms with Crippen LogP contribution in [0.3, 0.4) is 0 Å². The lowest BCUT2D eigenvalue weighted by Crippen LogP contribution is -1.87. The summed E-state index contributed by atoms with van der Waals surface area (Å²) in [6.45, 7) is 0.307. The number of rotatable bonds is 2. The van der Waals surface area contributed by atoms with Crippen molar-refractivity contribution in [2.45, 2.75) is 6.54 Å². The van der Waals surface area contributed by atoms with Crippen LogP contribution < -0.4 is 5.73 Å². The van der Waals surface area contributed by atoms with Gasteiger partial charge in [0.25, 0.3) is 0 Å². The number of hydrogen-bond acceptors (Lipinski definition) is 2. The standard InChI is InChI=1S/C7H7N4/c8-7-3-1-2-6(4-7)5-10-11-9/h1-3H,5,8H2. The van der Waals surface area contributed by atoms with Gasteiger partial charge in [0, 0.05) is 16.7 Å². The predicted molar refractivity (Wildman–Crippen MR) is 42.5 cm³/mol. The van der Waals surface area contributed by atoms with E-state index >= 15 is 0 Å². The molecule has 0 aromatic heterocycles. The Morgan fingerprint density at radius 3 is 3.09 bits per heavy atom. The number of anilines is 1. The van der Waals surface area contributed by atoms with Crippen molar-refractivity contribution in [2.24, 2.45) is 5.11 Å². The fraction of sp³-hybridized carbons (Fsp3) is 0.143. The maximum atomic E-state index is 8.01. The lowest BCUT2D eigenvalue weighted by molar-refractivity contribution is 1.05. The first-order valence-corrected chi connectivity index (χ1v) is 3.10. The van der Waals surface area contributed by atoms with Gasteiger partial charge in [-0.25, -0.2) is 0 Å². The van der Waals surface area contributed by atoms with E-state index in [1.807, 2.05) is 6.07 Å². The summed E-state index contributed by atoms with van der Waals surface area (Å²) >= 11 is 0. The highest BCUT2D eigenvalue weighted by molar-refractivity contribution is 5.38. The minimum absolute atomic E-state index is 0.307. The monoisotopic (exact) mass is 147 g/mol. The van der Waals surface area contributed by atoms with Crippen LogP contribution in [0.25, 0.3) is 10.4 Å². The van der Waals surface area contributed by atoms with Crippen LogP contribution in [0, 0.1) is 6.07 Å². The molecule has 4 heteroatoms. The number of nitrogens with two attached hydrogens (primary N) is 1. The average molecular weight is 147 g/mol. The highest BCUT2D eigenvalue weighted by atomic mass is 15.1. The zero-order valence-electron chi connectivity index (χ0n) is 5.86. The third-order valence-electron chi connectivity index (χ3n) is 1.18. The summed E-state index contributed by atoms with van der Waals surface area (Å²) in [4.78, 5) is 2.62. The molecule has 4 nitrogen and oxygen atoms in total. The first-order valence-electron chi connectivity index (χ1n) is 3.10. The van der Waals surface area contributed by atoms with Crippen molar-refractivity contribution in [3.63, 3.8) is 0 Å². The Labute approximate surface area is 64.3 Å². The molecule has 0 aliphatic carbocycles. The molecule has 1 aromatic rings. The molecular weight excluding hydrogens is 140 g/mol. The number of benzene rings is 1. The lowest BCUT2D eigenvalue weighted by Gasteiger charge is -1.94. The first-order chi connectivity index (χ1) is 5.33. The molecule has 0 heterocycles. The number of nitrogen functional groups attached to an aromatic ring is 1. The Balaban J connectivity index is 2.79. The van der Waals surface area contributed by atoms with Crippen molar-refractivity contribution < 1.29 is 0 Å². The molecular formula is C7H7N4. The highest BCUT2D eigenvalue weighted by Crippen LogP contribution is 2.05. The normalized spacial score (nSPS) is 8.73. The summed E-state index contributed by atoms with van der Waals surface area (Å²) in [7, 11) is 0. The van der Waals surface area contributed by atoms with Gasteiger partial charge in [0.2, 0.25) is 0 Å². The second-order valence-corrected chi connectivity index (χ2v) is 2.02. The highest BCUT2D eigenvalue weighted by Gasteiger charge is 1.90. The molecule has 0 amide bonds. The van der Waals surface area contributed by atoms with E-state index in [0.717, 1.165) is 5.56 Å². The molecule has 1 rings (SSSR count). The van der Waals surface area contributed by atoms with Crippen LogP contribution in [0.2, 0.25) is 0 Å². The molecule has 0 unspecified atom stereocenters. The van der Waals surface area contributed by atoms with E-state index in [1.54, 1.807) is 12.1 Å². The van der Waals surface area contributed by atoms with Crippen molar-refractivity contribution in [2.75, 3.05) is 5.73 Å². The molecule has 0 fully saturated rings. The van der Waals surface area contributed by atoms with E-state index in [1.165, 1.54) is 0 Å². The van der Waals surface area contributed by atoms with E-state index in [9.17, 15) is 0 Å². The maximum absolute atomic E-state index is 8.01. The van der Waals surface area contributed by atoms with Gasteiger partial charge in [0.1, 0.15) is 0 Å². The molecule has 0 saturated carbocycles. The maximum Gasteiger partial charge on any atom is 0.0517 e. The van der Waals surface area contributed by atoms with Crippen molar-refractivity contribution in [3.05, 3.63) is 40.3 Å². The Morgan fingerprint density at radius 1 is 1.64 bits per heavy atom.